The molecule has 0 spiro atoms. The molecular weight excluding hydrogens is 507 g/mol. The second kappa shape index (κ2) is 14.0. The molecule has 1 aliphatic rings. The summed E-state index contributed by atoms with van der Waals surface area (Å²) >= 11 is 17.3. The molecule has 2 aromatic carbocycles. The number of unbranched alkanes of at least 4 members (excludes halogenated alkanes) is 3. The van der Waals surface area contributed by atoms with Crippen molar-refractivity contribution < 1.29 is 19.1 Å². The lowest BCUT2D eigenvalue weighted by Gasteiger charge is -2.24. The van der Waals surface area contributed by atoms with Crippen LogP contribution < -0.4 is 4.74 Å². The minimum Gasteiger partial charge on any atom is -0.457 e. The van der Waals surface area contributed by atoms with Crippen molar-refractivity contribution in [1.29, 1.82) is 0 Å². The maximum Gasteiger partial charge on any atom is 0.164 e. The lowest BCUT2D eigenvalue weighted by molar-refractivity contribution is 0.0945. The van der Waals surface area contributed by atoms with Crippen LogP contribution in [0.2, 0.25) is 0 Å². The van der Waals surface area contributed by atoms with E-state index in [9.17, 15) is 14.4 Å². The quantitative estimate of drug-likeness (QED) is 0.111. The molecule has 7 heteroatoms. The number of ether oxygens (including phenoxy) is 1. The van der Waals surface area contributed by atoms with E-state index in [-0.39, 0.29) is 17.3 Å². The van der Waals surface area contributed by atoms with Crippen LogP contribution in [0.1, 0.15) is 100.0 Å². The van der Waals surface area contributed by atoms with E-state index in [1.54, 1.807) is 24.3 Å². The predicted molar refractivity (Wildman–Crippen MR) is 142 cm³/mol. The van der Waals surface area contributed by atoms with Gasteiger partial charge in [-0.05, 0) is 68.9 Å². The van der Waals surface area contributed by atoms with E-state index < -0.39 is 0 Å². The Morgan fingerprint density at radius 3 is 1.89 bits per heavy atom. The van der Waals surface area contributed by atoms with Gasteiger partial charge in [0.25, 0.3) is 0 Å². The van der Waals surface area contributed by atoms with Crippen LogP contribution in [-0.2, 0) is 6.42 Å². The van der Waals surface area contributed by atoms with Crippen LogP contribution in [-0.4, -0.2) is 35.0 Å². The molecule has 3 rings (SSSR count). The first kappa shape index (κ1) is 27.7. The number of halogens is 3. The lowest BCUT2D eigenvalue weighted by atomic mass is 9.86. The van der Waals surface area contributed by atoms with Crippen LogP contribution in [0, 0.1) is 0 Å². The summed E-state index contributed by atoms with van der Waals surface area (Å²) in [6, 6.07) is 8.91. The SMILES string of the molecule is O=C(CCCCCl)c1ccc2c(c1)Cc1c(ccc(C(=O)CCCCCl)c1C(=O)CCCCCl)O2. The first-order valence-corrected chi connectivity index (χ1v) is 13.8. The number of benzene rings is 2. The number of carbonyl (C=O) groups is 3. The van der Waals surface area contributed by atoms with Crippen molar-refractivity contribution >= 4 is 52.2 Å². The minimum absolute atomic E-state index is 0.0595. The molecule has 4 nitrogen and oxygen atoms in total. The van der Waals surface area contributed by atoms with Crippen LogP contribution in [0.15, 0.2) is 30.3 Å². The average Bonchev–Trinajstić information content (AvgIpc) is 2.86. The normalized spacial score (nSPS) is 12.0. The highest BCUT2D eigenvalue weighted by molar-refractivity contribution is 6.18. The van der Waals surface area contributed by atoms with Crippen molar-refractivity contribution in [2.24, 2.45) is 0 Å². The summed E-state index contributed by atoms with van der Waals surface area (Å²) in [5.74, 6) is 2.69. The van der Waals surface area contributed by atoms with Crippen molar-refractivity contribution in [2.45, 2.75) is 64.2 Å². The van der Waals surface area contributed by atoms with Crippen LogP contribution in [0.5, 0.6) is 11.5 Å². The van der Waals surface area contributed by atoms with Crippen molar-refractivity contribution in [2.75, 3.05) is 17.6 Å². The van der Waals surface area contributed by atoms with Crippen molar-refractivity contribution in [3.63, 3.8) is 0 Å². The highest BCUT2D eigenvalue weighted by Crippen LogP contribution is 2.40. The minimum atomic E-state index is -0.0759. The Kier molecular flexibility index (Phi) is 11.1. The smallest absolute Gasteiger partial charge is 0.164 e. The van der Waals surface area contributed by atoms with Gasteiger partial charge in [-0.1, -0.05) is 0 Å². The van der Waals surface area contributed by atoms with E-state index in [4.69, 9.17) is 39.5 Å². The Bertz CT molecular complexity index is 1060. The largest absolute Gasteiger partial charge is 0.457 e. The Morgan fingerprint density at radius 2 is 1.26 bits per heavy atom. The molecule has 2 aromatic rings. The number of Topliss-reactive ketones (excluding diaryl/α,β-unsaturated/α-hetero) is 3. The zero-order valence-corrected chi connectivity index (χ0v) is 22.1. The second-order valence-electron chi connectivity index (χ2n) is 8.77. The Morgan fingerprint density at radius 1 is 0.686 bits per heavy atom. The first-order valence-electron chi connectivity index (χ1n) is 12.2. The number of hydrogen-bond acceptors (Lipinski definition) is 4. The summed E-state index contributed by atoms with van der Waals surface area (Å²) in [6.07, 6.45) is 5.87. The van der Waals surface area contributed by atoms with E-state index in [1.165, 1.54) is 0 Å². The van der Waals surface area contributed by atoms with Gasteiger partial charge in [0.2, 0.25) is 0 Å². The van der Waals surface area contributed by atoms with Gasteiger partial charge in [0.15, 0.2) is 17.3 Å². The third-order valence-corrected chi connectivity index (χ3v) is 6.98. The Balaban J connectivity index is 1.93. The third-order valence-electron chi connectivity index (χ3n) is 6.18. The molecule has 0 saturated heterocycles. The van der Waals surface area contributed by atoms with Gasteiger partial charge in [0.05, 0.1) is 0 Å². The molecular formula is C28H31Cl3O4. The standard InChI is InChI=1S/C28H31Cl3O4/c29-14-4-1-7-23(32)19-10-12-26-20(17-19)18-22-27(35-26)13-11-21(24(33)8-2-5-15-30)28(22)25(34)9-3-6-16-31/h10-13,17H,1-9,14-16,18H2. The maximum absolute atomic E-state index is 13.3. The molecule has 0 fully saturated rings. The molecule has 35 heavy (non-hydrogen) atoms. The van der Waals surface area contributed by atoms with Gasteiger partial charge in [-0.25, -0.2) is 0 Å². The second-order valence-corrected chi connectivity index (χ2v) is 9.91. The Hall–Kier alpha value is -1.88. The number of rotatable bonds is 15. The molecule has 0 aliphatic carbocycles. The van der Waals surface area contributed by atoms with E-state index in [2.05, 4.69) is 0 Å². The van der Waals surface area contributed by atoms with E-state index in [0.29, 0.717) is 89.9 Å². The zero-order valence-electron chi connectivity index (χ0n) is 19.8. The van der Waals surface area contributed by atoms with Crippen LogP contribution in [0.25, 0.3) is 0 Å². The summed E-state index contributed by atoms with van der Waals surface area (Å²) in [7, 11) is 0. The number of carbonyl (C=O) groups excluding carboxylic acids is 3. The molecule has 0 unspecified atom stereocenters. The predicted octanol–water partition coefficient (Wildman–Crippen LogP) is 8.16. The monoisotopic (exact) mass is 536 g/mol. The molecule has 0 amide bonds. The molecule has 0 radical (unpaired) electrons. The summed E-state index contributed by atoms with van der Waals surface area (Å²) in [4.78, 5) is 39.0. The summed E-state index contributed by atoms with van der Waals surface area (Å²) in [5.41, 5.74) is 3.05. The molecule has 0 saturated carbocycles. The van der Waals surface area contributed by atoms with Crippen molar-refractivity contribution in [3.8, 4) is 11.5 Å². The fraction of sp³-hybridized carbons (Fsp3) is 0.464. The van der Waals surface area contributed by atoms with Crippen LogP contribution >= 0.6 is 34.8 Å². The third kappa shape index (κ3) is 7.31. The van der Waals surface area contributed by atoms with Crippen LogP contribution in [0.3, 0.4) is 0 Å². The Labute approximate surface area is 222 Å². The molecule has 0 aromatic heterocycles. The van der Waals surface area contributed by atoms with E-state index in [1.807, 2.05) is 6.07 Å². The highest BCUT2D eigenvalue weighted by atomic mass is 35.5. The first-order chi connectivity index (χ1) is 17.0. The van der Waals surface area contributed by atoms with Gasteiger partial charge < -0.3 is 4.74 Å². The summed E-state index contributed by atoms with van der Waals surface area (Å²) < 4.78 is 6.13. The average molecular weight is 538 g/mol. The highest BCUT2D eigenvalue weighted by Gasteiger charge is 2.28. The van der Waals surface area contributed by atoms with Crippen molar-refractivity contribution in [3.05, 3.63) is 58.1 Å². The number of alkyl halides is 3. The van der Waals surface area contributed by atoms with Gasteiger partial charge in [-0.3, -0.25) is 14.4 Å². The topological polar surface area (TPSA) is 60.4 Å². The molecule has 0 atom stereocenters. The van der Waals surface area contributed by atoms with Crippen LogP contribution in [0.4, 0.5) is 0 Å². The van der Waals surface area contributed by atoms with Gasteiger partial charge in [0.1, 0.15) is 11.5 Å². The summed E-state index contributed by atoms with van der Waals surface area (Å²) in [5, 5.41) is 0. The fourth-order valence-electron chi connectivity index (χ4n) is 4.29. The molecule has 1 aliphatic heterocycles. The number of fused-ring (bicyclic) bond motifs is 2. The number of hydrogen-bond donors (Lipinski definition) is 0. The van der Waals surface area contributed by atoms with Gasteiger partial charge in [0, 0.05) is 71.1 Å². The lowest BCUT2D eigenvalue weighted by Crippen LogP contribution is -2.16. The number of ketones is 3. The maximum atomic E-state index is 13.3. The summed E-state index contributed by atoms with van der Waals surface area (Å²) in [6.45, 7) is 0. The molecule has 0 bridgehead atoms. The fourth-order valence-corrected chi connectivity index (χ4v) is 4.86. The van der Waals surface area contributed by atoms with Gasteiger partial charge >= 0.3 is 0 Å². The van der Waals surface area contributed by atoms with Gasteiger partial charge in [-0.15, -0.1) is 34.8 Å². The molecule has 0 N–H and O–H groups in total. The van der Waals surface area contributed by atoms with E-state index in [0.717, 1.165) is 31.2 Å². The molecule has 188 valence electrons. The van der Waals surface area contributed by atoms with E-state index >= 15 is 0 Å². The molecule has 1 heterocycles. The zero-order chi connectivity index (χ0) is 25.2. The van der Waals surface area contributed by atoms with Crippen molar-refractivity contribution in [1.82, 2.24) is 0 Å². The van der Waals surface area contributed by atoms with Gasteiger partial charge in [-0.2, -0.15) is 0 Å².